The lowest BCUT2D eigenvalue weighted by molar-refractivity contribution is 0.669. The standard InChI is InChI=1S/C55H30N4O/c1-2-12-31(13-3-1)53-56-54(58-55(57-53)43-21-10-20-42-38-18-8-9-23-47(38)60-52(42)43)32-24-26-33(27-25-32)59-45-22-11-19-39-34-14-4-5-15-35(34)41-29-28-40-36-16-6-7-17-37(36)44-30-46(59)51(49(39)45)50(41)48(40)44/h1-30H. The minimum Gasteiger partial charge on any atom is -0.455 e. The Balaban J connectivity index is 1.02. The van der Waals surface area contributed by atoms with Crippen molar-refractivity contribution >= 4 is 97.6 Å². The maximum atomic E-state index is 6.46. The third kappa shape index (κ3) is 4.22. The van der Waals surface area contributed by atoms with E-state index in [9.17, 15) is 0 Å². The molecular formula is C55H30N4O. The molecule has 0 amide bonds. The summed E-state index contributed by atoms with van der Waals surface area (Å²) in [7, 11) is 0. The molecule has 0 saturated heterocycles. The second-order valence-electron chi connectivity index (χ2n) is 15.9. The van der Waals surface area contributed by atoms with Gasteiger partial charge >= 0.3 is 0 Å². The molecule has 0 aliphatic heterocycles. The predicted octanol–water partition coefficient (Wildman–Crippen LogP) is 14.5. The summed E-state index contributed by atoms with van der Waals surface area (Å²) < 4.78 is 8.91. The van der Waals surface area contributed by atoms with Gasteiger partial charge in [0.05, 0.1) is 16.6 Å². The number of hydrogen-bond donors (Lipinski definition) is 0. The van der Waals surface area contributed by atoms with Gasteiger partial charge in [0.2, 0.25) is 0 Å². The number of benzene rings is 9. The van der Waals surface area contributed by atoms with Gasteiger partial charge in [-0.2, -0.15) is 0 Å². The molecule has 0 atom stereocenters. The Morgan fingerprint density at radius 1 is 0.333 bits per heavy atom. The topological polar surface area (TPSA) is 56.7 Å². The van der Waals surface area contributed by atoms with Gasteiger partial charge in [0, 0.05) is 43.7 Å². The zero-order chi connectivity index (χ0) is 39.1. The molecule has 0 bridgehead atoms. The monoisotopic (exact) mass is 762 g/mol. The number of fused-ring (bicyclic) bond motifs is 9. The SMILES string of the molecule is c1ccc(-c2nc(-c3ccc(-n4c5cccc6c7ccccc7c7ccc8c9ccccc9c9cc4c(c7c89)c65)cc3)nc(-c3cccc4c3oc3ccccc34)n2)cc1. The number of para-hydroxylation sites is 2. The third-order valence-electron chi connectivity index (χ3n) is 12.7. The first-order valence-electron chi connectivity index (χ1n) is 20.4. The molecule has 276 valence electrons. The van der Waals surface area contributed by atoms with Crippen molar-refractivity contribution in [2.75, 3.05) is 0 Å². The third-order valence-corrected chi connectivity index (χ3v) is 12.7. The van der Waals surface area contributed by atoms with Crippen LogP contribution in [0.3, 0.4) is 0 Å². The highest BCUT2D eigenvalue weighted by atomic mass is 16.3. The first-order chi connectivity index (χ1) is 29.8. The Hall–Kier alpha value is -8.15. The lowest BCUT2D eigenvalue weighted by Crippen LogP contribution is -2.01. The van der Waals surface area contributed by atoms with E-state index in [0.29, 0.717) is 17.5 Å². The van der Waals surface area contributed by atoms with Crippen LogP contribution in [-0.2, 0) is 0 Å². The molecule has 14 rings (SSSR count). The molecule has 14 aromatic rings. The van der Waals surface area contributed by atoms with Crippen molar-refractivity contribution in [2.45, 2.75) is 0 Å². The molecule has 0 spiro atoms. The van der Waals surface area contributed by atoms with Crippen molar-refractivity contribution in [1.29, 1.82) is 0 Å². The van der Waals surface area contributed by atoms with Crippen molar-refractivity contribution < 1.29 is 4.42 Å². The molecule has 0 unspecified atom stereocenters. The largest absolute Gasteiger partial charge is 0.455 e. The van der Waals surface area contributed by atoms with Crippen molar-refractivity contribution in [3.05, 3.63) is 182 Å². The molecule has 5 nitrogen and oxygen atoms in total. The molecular weight excluding hydrogens is 733 g/mol. The van der Waals surface area contributed by atoms with Gasteiger partial charge in [-0.1, -0.05) is 133 Å². The Bertz CT molecular complexity index is 4050. The molecule has 0 aliphatic rings. The smallest absolute Gasteiger partial charge is 0.167 e. The lowest BCUT2D eigenvalue weighted by atomic mass is 9.97. The van der Waals surface area contributed by atoms with E-state index in [1.54, 1.807) is 0 Å². The lowest BCUT2D eigenvalue weighted by Gasteiger charge is -2.12. The van der Waals surface area contributed by atoms with Gasteiger partial charge in [0.25, 0.3) is 0 Å². The van der Waals surface area contributed by atoms with E-state index < -0.39 is 0 Å². The summed E-state index contributed by atoms with van der Waals surface area (Å²) in [6.07, 6.45) is 0. The molecule has 3 aromatic heterocycles. The summed E-state index contributed by atoms with van der Waals surface area (Å²) >= 11 is 0. The van der Waals surface area contributed by atoms with Crippen LogP contribution in [0, 0.1) is 0 Å². The molecule has 0 fully saturated rings. The molecule has 60 heavy (non-hydrogen) atoms. The molecule has 5 heteroatoms. The quantitative estimate of drug-likeness (QED) is 0.179. The predicted molar refractivity (Wildman–Crippen MR) is 248 cm³/mol. The van der Waals surface area contributed by atoms with Crippen LogP contribution in [0.5, 0.6) is 0 Å². The van der Waals surface area contributed by atoms with Gasteiger partial charge < -0.3 is 8.98 Å². The van der Waals surface area contributed by atoms with Crippen LogP contribution in [-0.4, -0.2) is 19.5 Å². The summed E-state index contributed by atoms with van der Waals surface area (Å²) in [5.74, 6) is 1.78. The number of nitrogens with zero attached hydrogens (tertiary/aromatic N) is 4. The van der Waals surface area contributed by atoms with E-state index in [-0.39, 0.29) is 0 Å². The Labute approximate surface area is 342 Å². The van der Waals surface area contributed by atoms with E-state index in [2.05, 4.69) is 126 Å². The number of rotatable bonds is 4. The summed E-state index contributed by atoms with van der Waals surface area (Å²) in [6.45, 7) is 0. The van der Waals surface area contributed by atoms with E-state index in [4.69, 9.17) is 19.4 Å². The highest BCUT2D eigenvalue weighted by Gasteiger charge is 2.25. The highest BCUT2D eigenvalue weighted by Crippen LogP contribution is 2.50. The van der Waals surface area contributed by atoms with E-state index in [1.165, 1.54) is 75.7 Å². The van der Waals surface area contributed by atoms with Gasteiger partial charge in [-0.15, -0.1) is 0 Å². The van der Waals surface area contributed by atoms with Gasteiger partial charge in [0.15, 0.2) is 17.5 Å². The number of aromatic nitrogens is 4. The maximum absolute atomic E-state index is 6.46. The van der Waals surface area contributed by atoms with Crippen molar-refractivity contribution in [1.82, 2.24) is 19.5 Å². The van der Waals surface area contributed by atoms with Crippen LogP contribution in [0.2, 0.25) is 0 Å². The average molecular weight is 763 g/mol. The first-order valence-corrected chi connectivity index (χ1v) is 20.4. The first kappa shape index (κ1) is 31.9. The van der Waals surface area contributed by atoms with Crippen molar-refractivity contribution in [3.8, 4) is 39.9 Å². The van der Waals surface area contributed by atoms with Crippen molar-refractivity contribution in [2.24, 2.45) is 0 Å². The minimum atomic E-state index is 0.567. The molecule has 0 saturated carbocycles. The fourth-order valence-corrected chi connectivity index (χ4v) is 10.2. The number of furan rings is 1. The van der Waals surface area contributed by atoms with Crippen LogP contribution in [0.4, 0.5) is 0 Å². The molecule has 0 radical (unpaired) electrons. The van der Waals surface area contributed by atoms with Crippen LogP contribution in [0.15, 0.2) is 186 Å². The average Bonchev–Trinajstić information content (AvgIpc) is 3.95. The second kappa shape index (κ2) is 11.7. The van der Waals surface area contributed by atoms with Gasteiger partial charge in [-0.05, 0) is 97.0 Å². The highest BCUT2D eigenvalue weighted by molar-refractivity contribution is 6.44. The fraction of sp³-hybridized carbons (Fsp3) is 0. The van der Waals surface area contributed by atoms with Crippen LogP contribution in [0.1, 0.15) is 0 Å². The van der Waals surface area contributed by atoms with Crippen molar-refractivity contribution in [3.63, 3.8) is 0 Å². The van der Waals surface area contributed by atoms with E-state index >= 15 is 0 Å². The second-order valence-corrected chi connectivity index (χ2v) is 15.9. The van der Waals surface area contributed by atoms with Crippen LogP contribution >= 0.6 is 0 Å². The summed E-state index contributed by atoms with van der Waals surface area (Å²) in [5.41, 5.74) is 7.71. The molecule has 11 aromatic carbocycles. The zero-order valence-corrected chi connectivity index (χ0v) is 32.0. The minimum absolute atomic E-state index is 0.567. The zero-order valence-electron chi connectivity index (χ0n) is 32.0. The normalized spacial score (nSPS) is 12.3. The fourth-order valence-electron chi connectivity index (χ4n) is 10.2. The van der Waals surface area contributed by atoms with E-state index in [0.717, 1.165) is 44.3 Å². The summed E-state index contributed by atoms with van der Waals surface area (Å²) in [6, 6.07) is 64.8. The maximum Gasteiger partial charge on any atom is 0.167 e. The van der Waals surface area contributed by atoms with E-state index in [1.807, 2.05) is 60.7 Å². The Morgan fingerprint density at radius 3 is 1.62 bits per heavy atom. The molecule has 0 aliphatic carbocycles. The van der Waals surface area contributed by atoms with Gasteiger partial charge in [-0.3, -0.25) is 0 Å². The van der Waals surface area contributed by atoms with Crippen LogP contribution in [0.25, 0.3) is 137 Å². The van der Waals surface area contributed by atoms with Gasteiger partial charge in [-0.25, -0.2) is 15.0 Å². The van der Waals surface area contributed by atoms with Crippen LogP contribution < -0.4 is 0 Å². The summed E-state index contributed by atoms with van der Waals surface area (Å²) in [5, 5.41) is 17.6. The Kier molecular flexibility index (Phi) is 6.23. The Morgan fingerprint density at radius 2 is 0.883 bits per heavy atom. The summed E-state index contributed by atoms with van der Waals surface area (Å²) in [4.78, 5) is 15.3. The molecule has 0 N–H and O–H groups in total. The molecule has 3 heterocycles. The van der Waals surface area contributed by atoms with Gasteiger partial charge in [0.1, 0.15) is 11.2 Å². The number of hydrogen-bond acceptors (Lipinski definition) is 4.